The van der Waals surface area contributed by atoms with E-state index in [-0.39, 0.29) is 5.91 Å². The Morgan fingerprint density at radius 1 is 0.929 bits per heavy atom. The average Bonchev–Trinajstić information content (AvgIpc) is 2.77. The van der Waals surface area contributed by atoms with Gasteiger partial charge in [0.25, 0.3) is 5.91 Å². The van der Waals surface area contributed by atoms with E-state index in [0.29, 0.717) is 17.9 Å². The highest BCUT2D eigenvalue weighted by atomic mass is 16.5. The number of carbonyl (C=O) groups excluding carboxylic acids is 1. The van der Waals surface area contributed by atoms with Crippen LogP contribution < -0.4 is 4.74 Å². The molecule has 0 spiro atoms. The summed E-state index contributed by atoms with van der Waals surface area (Å²) in [5, 5.41) is 10.7. The molecule has 4 heteroatoms. The van der Waals surface area contributed by atoms with E-state index in [1.807, 2.05) is 79.7 Å². The Hall–Kier alpha value is -3.11. The van der Waals surface area contributed by atoms with Gasteiger partial charge >= 0.3 is 0 Å². The number of likely N-dealkylation sites (N-methyl/N-ethyl adjacent to an activating group) is 1. The lowest BCUT2D eigenvalue weighted by molar-refractivity contribution is 0.0483. The summed E-state index contributed by atoms with van der Waals surface area (Å²) in [6.07, 6.45) is -0.771. The smallest absolute Gasteiger partial charge is 0.257 e. The third-order valence-electron chi connectivity index (χ3n) is 4.88. The van der Waals surface area contributed by atoms with Crippen LogP contribution in [0.4, 0.5) is 0 Å². The fourth-order valence-corrected chi connectivity index (χ4v) is 3.02. The highest BCUT2D eigenvalue weighted by molar-refractivity contribution is 5.97. The summed E-state index contributed by atoms with van der Waals surface area (Å²) in [5.74, 6) is 0.343. The summed E-state index contributed by atoms with van der Waals surface area (Å²) in [7, 11) is 1.70. The number of carbonyl (C=O) groups is 1. The number of hydrogen-bond donors (Lipinski definition) is 1. The molecule has 2 unspecified atom stereocenters. The average molecular weight is 375 g/mol. The predicted octanol–water partition coefficient (Wildman–Crippen LogP) is 4.46. The van der Waals surface area contributed by atoms with Gasteiger partial charge in [0.2, 0.25) is 0 Å². The number of para-hydroxylation sites is 1. The Kier molecular flexibility index (Phi) is 6.45. The molecule has 0 fully saturated rings. The van der Waals surface area contributed by atoms with Gasteiger partial charge in [-0.25, -0.2) is 0 Å². The van der Waals surface area contributed by atoms with Crippen LogP contribution in [0.25, 0.3) is 0 Å². The number of aliphatic hydroxyl groups is 1. The number of hydrogen-bond acceptors (Lipinski definition) is 3. The maximum Gasteiger partial charge on any atom is 0.257 e. The van der Waals surface area contributed by atoms with Gasteiger partial charge in [-0.05, 0) is 30.2 Å². The zero-order valence-corrected chi connectivity index (χ0v) is 16.2. The van der Waals surface area contributed by atoms with Crippen LogP contribution in [0.15, 0.2) is 84.9 Å². The molecular weight excluding hydrogens is 350 g/mol. The molecule has 2 atom stereocenters. The Balaban J connectivity index is 1.74. The third-order valence-corrected chi connectivity index (χ3v) is 4.88. The first-order valence-electron chi connectivity index (χ1n) is 9.34. The van der Waals surface area contributed by atoms with Crippen molar-refractivity contribution in [3.05, 3.63) is 102 Å². The van der Waals surface area contributed by atoms with Crippen LogP contribution >= 0.6 is 0 Å². The second kappa shape index (κ2) is 9.20. The van der Waals surface area contributed by atoms with E-state index in [9.17, 15) is 9.90 Å². The molecule has 0 aliphatic rings. The Bertz CT molecular complexity index is 896. The van der Waals surface area contributed by atoms with Crippen LogP contribution in [0.3, 0.4) is 0 Å². The summed E-state index contributed by atoms with van der Waals surface area (Å²) in [4.78, 5) is 14.6. The number of aliphatic hydroxyl groups excluding tert-OH is 1. The van der Waals surface area contributed by atoms with Crippen LogP contribution in [-0.2, 0) is 6.61 Å². The minimum Gasteiger partial charge on any atom is -0.488 e. The third kappa shape index (κ3) is 4.59. The Labute approximate surface area is 166 Å². The molecule has 3 aromatic rings. The van der Waals surface area contributed by atoms with Gasteiger partial charge in [0.05, 0.1) is 17.7 Å². The van der Waals surface area contributed by atoms with Gasteiger partial charge in [0, 0.05) is 7.05 Å². The first-order valence-corrected chi connectivity index (χ1v) is 9.34. The number of benzene rings is 3. The lowest BCUT2D eigenvalue weighted by Crippen LogP contribution is -2.39. The Morgan fingerprint density at radius 2 is 1.50 bits per heavy atom. The summed E-state index contributed by atoms with van der Waals surface area (Å²) in [5.41, 5.74) is 2.29. The first-order chi connectivity index (χ1) is 13.6. The molecule has 0 heterocycles. The van der Waals surface area contributed by atoms with E-state index >= 15 is 0 Å². The topological polar surface area (TPSA) is 49.8 Å². The lowest BCUT2D eigenvalue weighted by Gasteiger charge is -2.29. The van der Waals surface area contributed by atoms with Gasteiger partial charge in [-0.1, -0.05) is 72.8 Å². The van der Waals surface area contributed by atoms with Crippen molar-refractivity contribution in [3.8, 4) is 5.75 Å². The van der Waals surface area contributed by atoms with Crippen molar-refractivity contribution in [2.45, 2.75) is 25.7 Å². The van der Waals surface area contributed by atoms with Crippen molar-refractivity contribution in [2.24, 2.45) is 0 Å². The molecule has 0 aromatic heterocycles. The van der Waals surface area contributed by atoms with Crippen molar-refractivity contribution in [2.75, 3.05) is 7.05 Å². The predicted molar refractivity (Wildman–Crippen MR) is 110 cm³/mol. The van der Waals surface area contributed by atoms with E-state index in [1.54, 1.807) is 24.1 Å². The van der Waals surface area contributed by atoms with Crippen LogP contribution in [0.2, 0.25) is 0 Å². The molecule has 1 N–H and O–H groups in total. The summed E-state index contributed by atoms with van der Waals surface area (Å²) in [6, 6.07) is 26.0. The zero-order valence-electron chi connectivity index (χ0n) is 16.2. The largest absolute Gasteiger partial charge is 0.488 e. The van der Waals surface area contributed by atoms with Gasteiger partial charge < -0.3 is 14.7 Å². The summed E-state index contributed by atoms with van der Waals surface area (Å²) < 4.78 is 5.91. The maximum atomic E-state index is 13.1. The number of rotatable bonds is 7. The van der Waals surface area contributed by atoms with Crippen LogP contribution in [0.1, 0.15) is 34.5 Å². The monoisotopic (exact) mass is 375 g/mol. The molecule has 0 saturated heterocycles. The minimum absolute atomic E-state index is 0.189. The first kappa shape index (κ1) is 19.6. The Morgan fingerprint density at radius 3 is 2.18 bits per heavy atom. The number of amides is 1. The maximum absolute atomic E-state index is 13.1. The van der Waals surface area contributed by atoms with Crippen LogP contribution in [0, 0.1) is 0 Å². The molecule has 1 amide bonds. The second-order valence-electron chi connectivity index (χ2n) is 6.78. The molecule has 3 aromatic carbocycles. The molecule has 0 bridgehead atoms. The minimum atomic E-state index is -0.771. The van der Waals surface area contributed by atoms with E-state index in [0.717, 1.165) is 11.1 Å². The van der Waals surface area contributed by atoms with E-state index in [1.165, 1.54) is 0 Å². The van der Waals surface area contributed by atoms with Gasteiger partial charge in [-0.3, -0.25) is 4.79 Å². The molecule has 0 radical (unpaired) electrons. The van der Waals surface area contributed by atoms with Crippen LogP contribution in [-0.4, -0.2) is 29.0 Å². The molecule has 28 heavy (non-hydrogen) atoms. The van der Waals surface area contributed by atoms with Crippen molar-refractivity contribution in [3.63, 3.8) is 0 Å². The fourth-order valence-electron chi connectivity index (χ4n) is 3.02. The van der Waals surface area contributed by atoms with E-state index in [4.69, 9.17) is 4.74 Å². The molecule has 0 aliphatic carbocycles. The summed E-state index contributed by atoms with van der Waals surface area (Å²) in [6.45, 7) is 2.22. The summed E-state index contributed by atoms with van der Waals surface area (Å²) >= 11 is 0. The molecular formula is C24H25NO3. The highest BCUT2D eigenvalue weighted by Gasteiger charge is 2.26. The highest BCUT2D eigenvalue weighted by Crippen LogP contribution is 2.25. The van der Waals surface area contributed by atoms with Crippen molar-refractivity contribution in [1.82, 2.24) is 4.90 Å². The lowest BCUT2D eigenvalue weighted by atomic mass is 10.0. The van der Waals surface area contributed by atoms with Crippen molar-refractivity contribution < 1.29 is 14.6 Å². The molecule has 4 nitrogen and oxygen atoms in total. The van der Waals surface area contributed by atoms with E-state index < -0.39 is 12.1 Å². The number of ether oxygens (including phenoxy) is 1. The zero-order chi connectivity index (χ0) is 19.9. The normalized spacial score (nSPS) is 12.8. The molecule has 0 saturated carbocycles. The van der Waals surface area contributed by atoms with Crippen LogP contribution in [0.5, 0.6) is 5.75 Å². The van der Waals surface area contributed by atoms with E-state index in [2.05, 4.69) is 0 Å². The molecule has 0 aliphatic heterocycles. The second-order valence-corrected chi connectivity index (χ2v) is 6.78. The van der Waals surface area contributed by atoms with Gasteiger partial charge in [0.1, 0.15) is 12.4 Å². The molecule has 3 rings (SSSR count). The van der Waals surface area contributed by atoms with Gasteiger partial charge in [-0.15, -0.1) is 0 Å². The van der Waals surface area contributed by atoms with Gasteiger partial charge in [-0.2, -0.15) is 0 Å². The van der Waals surface area contributed by atoms with Gasteiger partial charge in [0.15, 0.2) is 0 Å². The van der Waals surface area contributed by atoms with Crippen molar-refractivity contribution >= 4 is 5.91 Å². The van der Waals surface area contributed by atoms with Crippen molar-refractivity contribution in [1.29, 1.82) is 0 Å². The number of nitrogens with zero attached hydrogens (tertiary/aromatic N) is 1. The SMILES string of the molecule is CC(C(O)c1ccccc1)N(C)C(=O)c1ccccc1OCc1ccccc1. The quantitative estimate of drug-likeness (QED) is 0.663. The fraction of sp³-hybridized carbons (Fsp3) is 0.208. The standard InChI is InChI=1S/C24H25NO3/c1-18(23(26)20-13-7-4-8-14-20)25(2)24(27)21-15-9-10-16-22(21)28-17-19-11-5-3-6-12-19/h3-16,18,23,26H,17H2,1-2H3. The molecule has 144 valence electrons.